The summed E-state index contributed by atoms with van der Waals surface area (Å²) >= 11 is 5.79. The quantitative estimate of drug-likeness (QED) is 0.602. The average molecular weight is 249 g/mol. The summed E-state index contributed by atoms with van der Waals surface area (Å²) in [5.74, 6) is -0.629. The van der Waals surface area contributed by atoms with Gasteiger partial charge in [-0.25, -0.2) is 8.78 Å². The van der Waals surface area contributed by atoms with Gasteiger partial charge in [-0.15, -0.1) is 11.6 Å². The van der Waals surface area contributed by atoms with E-state index < -0.39 is 17.8 Å². The van der Waals surface area contributed by atoms with Crippen molar-refractivity contribution in [2.24, 2.45) is 0 Å². The first kappa shape index (κ1) is 12.9. The molecule has 5 heteroatoms. The van der Waals surface area contributed by atoms with E-state index in [2.05, 4.69) is 0 Å². The van der Waals surface area contributed by atoms with Crippen molar-refractivity contribution in [3.63, 3.8) is 0 Å². The number of alkyl halides is 3. The van der Waals surface area contributed by atoms with Gasteiger partial charge in [-0.2, -0.15) is 0 Å². The van der Waals surface area contributed by atoms with E-state index in [0.717, 1.165) is 0 Å². The fourth-order valence-corrected chi connectivity index (χ4v) is 1.40. The van der Waals surface area contributed by atoms with Crippen LogP contribution in [-0.4, -0.2) is 12.6 Å². The standard InChI is InChI=1S/C11H11ClF2O2/c1-2-16-11(15)9(12)7-4-3-5-8(6-7)10(13)14/h3-6,9-10H,2H2,1H3. The van der Waals surface area contributed by atoms with Crippen LogP contribution in [0.25, 0.3) is 0 Å². The smallest absolute Gasteiger partial charge is 0.328 e. The SMILES string of the molecule is CCOC(=O)C(Cl)c1cccc(C(F)F)c1. The molecule has 0 saturated carbocycles. The Hall–Kier alpha value is -1.16. The van der Waals surface area contributed by atoms with Crippen LogP contribution in [0.2, 0.25) is 0 Å². The van der Waals surface area contributed by atoms with Crippen LogP contribution in [0.4, 0.5) is 8.78 Å². The number of halogens is 3. The first-order chi connectivity index (χ1) is 7.56. The van der Waals surface area contributed by atoms with Crippen molar-refractivity contribution in [2.75, 3.05) is 6.61 Å². The minimum Gasteiger partial charge on any atom is -0.465 e. The molecule has 0 spiro atoms. The van der Waals surface area contributed by atoms with E-state index in [9.17, 15) is 13.6 Å². The van der Waals surface area contributed by atoms with Gasteiger partial charge >= 0.3 is 5.97 Å². The van der Waals surface area contributed by atoms with Crippen molar-refractivity contribution < 1.29 is 18.3 Å². The second kappa shape index (κ2) is 5.80. The highest BCUT2D eigenvalue weighted by atomic mass is 35.5. The number of carbonyl (C=O) groups excluding carboxylic acids is 1. The van der Waals surface area contributed by atoms with Gasteiger partial charge in [0.05, 0.1) is 6.61 Å². The van der Waals surface area contributed by atoms with Gasteiger partial charge in [-0.05, 0) is 18.6 Å². The molecule has 0 radical (unpaired) electrons. The van der Waals surface area contributed by atoms with Gasteiger partial charge in [-0.1, -0.05) is 18.2 Å². The molecule has 0 N–H and O–H groups in total. The highest BCUT2D eigenvalue weighted by Crippen LogP contribution is 2.26. The number of hydrogen-bond acceptors (Lipinski definition) is 2. The zero-order valence-corrected chi connectivity index (χ0v) is 9.38. The maximum absolute atomic E-state index is 12.4. The third-order valence-electron chi connectivity index (χ3n) is 1.95. The minimum atomic E-state index is -2.58. The Morgan fingerprint density at radius 2 is 2.06 bits per heavy atom. The average Bonchev–Trinajstić information content (AvgIpc) is 2.28. The molecule has 0 saturated heterocycles. The molecule has 1 aromatic rings. The third kappa shape index (κ3) is 3.17. The van der Waals surface area contributed by atoms with Crippen LogP contribution in [0.1, 0.15) is 29.9 Å². The lowest BCUT2D eigenvalue weighted by atomic mass is 10.1. The summed E-state index contributed by atoms with van der Waals surface area (Å²) in [4.78, 5) is 11.3. The Bertz CT molecular complexity index is 369. The Kier molecular flexibility index (Phi) is 4.68. The molecule has 0 bridgehead atoms. The van der Waals surface area contributed by atoms with Crippen molar-refractivity contribution in [2.45, 2.75) is 18.7 Å². The van der Waals surface area contributed by atoms with Crippen LogP contribution < -0.4 is 0 Å². The van der Waals surface area contributed by atoms with Crippen molar-refractivity contribution in [1.29, 1.82) is 0 Å². The molecule has 1 aromatic carbocycles. The summed E-state index contributed by atoms with van der Waals surface area (Å²) in [7, 11) is 0. The van der Waals surface area contributed by atoms with Crippen LogP contribution in [-0.2, 0) is 9.53 Å². The van der Waals surface area contributed by atoms with Crippen LogP contribution in [0.15, 0.2) is 24.3 Å². The number of ether oxygens (including phenoxy) is 1. The van der Waals surface area contributed by atoms with E-state index in [0.29, 0.717) is 5.56 Å². The highest BCUT2D eigenvalue weighted by molar-refractivity contribution is 6.29. The third-order valence-corrected chi connectivity index (χ3v) is 2.38. The molecular formula is C11H11ClF2O2. The Morgan fingerprint density at radius 3 is 2.62 bits per heavy atom. The fourth-order valence-electron chi connectivity index (χ4n) is 1.20. The van der Waals surface area contributed by atoms with Crippen molar-refractivity contribution in [1.82, 2.24) is 0 Å². The molecule has 0 fully saturated rings. The number of esters is 1. The molecule has 0 heterocycles. The molecule has 1 unspecified atom stereocenters. The molecule has 16 heavy (non-hydrogen) atoms. The summed E-state index contributed by atoms with van der Waals surface area (Å²) in [6, 6.07) is 5.44. The lowest BCUT2D eigenvalue weighted by Gasteiger charge is -2.10. The van der Waals surface area contributed by atoms with Gasteiger partial charge < -0.3 is 4.74 Å². The van der Waals surface area contributed by atoms with E-state index in [1.165, 1.54) is 24.3 Å². The second-order valence-electron chi connectivity index (χ2n) is 3.09. The molecule has 0 aliphatic carbocycles. The lowest BCUT2D eigenvalue weighted by molar-refractivity contribution is -0.142. The van der Waals surface area contributed by atoms with Gasteiger partial charge in [0, 0.05) is 5.56 Å². The van der Waals surface area contributed by atoms with E-state index in [-0.39, 0.29) is 12.2 Å². The first-order valence-corrected chi connectivity index (χ1v) is 5.18. The first-order valence-electron chi connectivity index (χ1n) is 4.75. The van der Waals surface area contributed by atoms with Crippen LogP contribution in [0.5, 0.6) is 0 Å². The fraction of sp³-hybridized carbons (Fsp3) is 0.364. The van der Waals surface area contributed by atoms with Gasteiger partial charge in [0.1, 0.15) is 0 Å². The van der Waals surface area contributed by atoms with E-state index in [4.69, 9.17) is 16.3 Å². The summed E-state index contributed by atoms with van der Waals surface area (Å²) < 4.78 is 29.5. The molecule has 0 amide bonds. The molecule has 0 aliphatic rings. The number of benzene rings is 1. The van der Waals surface area contributed by atoms with Crippen molar-refractivity contribution >= 4 is 17.6 Å². The van der Waals surface area contributed by atoms with Crippen molar-refractivity contribution in [3.8, 4) is 0 Å². The van der Waals surface area contributed by atoms with E-state index in [1.54, 1.807) is 6.92 Å². The summed E-state index contributed by atoms with van der Waals surface area (Å²) in [6.07, 6.45) is -2.58. The molecule has 1 atom stereocenters. The van der Waals surface area contributed by atoms with Crippen LogP contribution in [0, 0.1) is 0 Å². The predicted molar refractivity (Wildman–Crippen MR) is 56.6 cm³/mol. The summed E-state index contributed by atoms with van der Waals surface area (Å²) in [5.41, 5.74) is 0.158. The van der Waals surface area contributed by atoms with Gasteiger partial charge in [0.15, 0.2) is 5.38 Å². The van der Waals surface area contributed by atoms with E-state index >= 15 is 0 Å². The zero-order valence-electron chi connectivity index (χ0n) is 8.62. The molecule has 0 aliphatic heterocycles. The summed E-state index contributed by atoms with van der Waals surface area (Å²) in [6.45, 7) is 1.85. The van der Waals surface area contributed by atoms with Crippen LogP contribution >= 0.6 is 11.6 Å². The summed E-state index contributed by atoms with van der Waals surface area (Å²) in [5, 5.41) is -1.04. The maximum atomic E-state index is 12.4. The van der Waals surface area contributed by atoms with E-state index in [1.807, 2.05) is 0 Å². The largest absolute Gasteiger partial charge is 0.465 e. The molecule has 2 nitrogen and oxygen atoms in total. The van der Waals surface area contributed by atoms with Crippen LogP contribution in [0.3, 0.4) is 0 Å². The highest BCUT2D eigenvalue weighted by Gasteiger charge is 2.20. The molecular weight excluding hydrogens is 238 g/mol. The number of rotatable bonds is 4. The molecule has 1 rings (SSSR count). The maximum Gasteiger partial charge on any atom is 0.328 e. The Balaban J connectivity index is 2.87. The van der Waals surface area contributed by atoms with Crippen molar-refractivity contribution in [3.05, 3.63) is 35.4 Å². The Labute approximate surface area is 97.2 Å². The normalized spacial score (nSPS) is 12.6. The van der Waals surface area contributed by atoms with Gasteiger partial charge in [0.25, 0.3) is 6.43 Å². The molecule has 88 valence electrons. The zero-order chi connectivity index (χ0) is 12.1. The monoisotopic (exact) mass is 248 g/mol. The number of hydrogen-bond donors (Lipinski definition) is 0. The minimum absolute atomic E-state index is 0.160. The number of carbonyl (C=O) groups is 1. The topological polar surface area (TPSA) is 26.3 Å². The Morgan fingerprint density at radius 1 is 1.44 bits per heavy atom. The van der Waals surface area contributed by atoms with Gasteiger partial charge in [0.2, 0.25) is 0 Å². The lowest BCUT2D eigenvalue weighted by Crippen LogP contribution is -2.11. The predicted octanol–water partition coefficient (Wildman–Crippen LogP) is 3.47. The van der Waals surface area contributed by atoms with Gasteiger partial charge in [-0.3, -0.25) is 4.79 Å². The second-order valence-corrected chi connectivity index (χ2v) is 3.52. The molecule has 0 aromatic heterocycles.